The molecule has 1 N–H and O–H groups in total. The average Bonchev–Trinajstić information content (AvgIpc) is 2.87. The largest absolute Gasteiger partial charge is 0.460 e. The number of esters is 1. The molecule has 0 radical (unpaired) electrons. The number of fused-ring (bicyclic) bond motifs is 1. The first kappa shape index (κ1) is 17.8. The summed E-state index contributed by atoms with van der Waals surface area (Å²) >= 11 is 0. The minimum absolute atomic E-state index is 0.160. The van der Waals surface area contributed by atoms with Gasteiger partial charge in [0, 0.05) is 23.4 Å². The van der Waals surface area contributed by atoms with Crippen molar-refractivity contribution in [2.24, 2.45) is 0 Å². The molecule has 5 heteroatoms. The number of carbonyl (C=O) groups excluding carboxylic acids is 2. The van der Waals surface area contributed by atoms with Gasteiger partial charge in [0.1, 0.15) is 23.5 Å². The maximum atomic E-state index is 11.9. The summed E-state index contributed by atoms with van der Waals surface area (Å²) in [5, 5.41) is 3.49. The van der Waals surface area contributed by atoms with Gasteiger partial charge in [-0.3, -0.25) is 9.59 Å². The van der Waals surface area contributed by atoms with Crippen molar-refractivity contribution in [2.45, 2.75) is 39.7 Å². The number of amides is 1. The van der Waals surface area contributed by atoms with Crippen LogP contribution in [0.3, 0.4) is 0 Å². The van der Waals surface area contributed by atoms with Crippen LogP contribution in [0.1, 0.15) is 39.0 Å². The fourth-order valence-corrected chi connectivity index (χ4v) is 2.32. The Hall–Kier alpha value is -2.56. The zero-order valence-corrected chi connectivity index (χ0v) is 14.5. The van der Waals surface area contributed by atoms with Gasteiger partial charge in [-0.05, 0) is 32.9 Å². The third-order valence-corrected chi connectivity index (χ3v) is 3.26. The Labute approximate surface area is 141 Å². The van der Waals surface area contributed by atoms with Gasteiger partial charge < -0.3 is 14.5 Å². The lowest BCUT2D eigenvalue weighted by Crippen LogP contribution is -2.33. The molecule has 128 valence electrons. The molecule has 5 nitrogen and oxygen atoms in total. The maximum Gasteiger partial charge on any atom is 0.325 e. The number of hydrogen-bond acceptors (Lipinski definition) is 4. The standard InChI is InChI=1S/C19H23NO4/c1-5-15-14(13-8-6-7-9-16(13)23-15)10-11-17(21)20-12-18(22)24-19(2,3)4/h6-11H,5,12H2,1-4H3,(H,20,21)/b11-10+. The molecule has 0 saturated heterocycles. The molecule has 2 rings (SSSR count). The van der Waals surface area contributed by atoms with Crippen LogP contribution < -0.4 is 5.32 Å². The van der Waals surface area contributed by atoms with Gasteiger partial charge in [-0.25, -0.2) is 0 Å². The number of para-hydroxylation sites is 1. The van der Waals surface area contributed by atoms with Crippen molar-refractivity contribution in [1.82, 2.24) is 5.32 Å². The Kier molecular flexibility index (Phi) is 5.44. The summed E-state index contributed by atoms with van der Waals surface area (Å²) in [6.45, 7) is 7.18. The van der Waals surface area contributed by atoms with Gasteiger partial charge in [0.15, 0.2) is 0 Å². The molecule has 1 aromatic heterocycles. The summed E-state index contributed by atoms with van der Waals surface area (Å²) in [4.78, 5) is 23.5. The SMILES string of the molecule is CCc1oc2ccccc2c1/C=C/C(=O)NCC(=O)OC(C)(C)C. The molecule has 0 aliphatic heterocycles. The Morgan fingerprint density at radius 3 is 2.62 bits per heavy atom. The van der Waals surface area contributed by atoms with Gasteiger partial charge in [-0.15, -0.1) is 0 Å². The lowest BCUT2D eigenvalue weighted by Gasteiger charge is -2.19. The molecule has 0 fully saturated rings. The third-order valence-electron chi connectivity index (χ3n) is 3.26. The Morgan fingerprint density at radius 1 is 1.25 bits per heavy atom. The van der Waals surface area contributed by atoms with Gasteiger partial charge in [-0.2, -0.15) is 0 Å². The lowest BCUT2D eigenvalue weighted by molar-refractivity contribution is -0.154. The van der Waals surface area contributed by atoms with Gasteiger partial charge in [0.2, 0.25) is 5.91 Å². The molecule has 1 aromatic carbocycles. The summed E-state index contributed by atoms with van der Waals surface area (Å²) in [6.07, 6.45) is 3.85. The van der Waals surface area contributed by atoms with Crippen LogP contribution in [0.5, 0.6) is 0 Å². The molecule has 0 aliphatic rings. The molecule has 2 aromatic rings. The third kappa shape index (κ3) is 4.72. The molecule has 0 aliphatic carbocycles. The molecule has 0 spiro atoms. The van der Waals surface area contributed by atoms with Crippen molar-refractivity contribution in [3.63, 3.8) is 0 Å². The normalized spacial score (nSPS) is 11.8. The Morgan fingerprint density at radius 2 is 1.96 bits per heavy atom. The second-order valence-electron chi connectivity index (χ2n) is 6.43. The lowest BCUT2D eigenvalue weighted by atomic mass is 10.1. The van der Waals surface area contributed by atoms with Crippen LogP contribution in [0.25, 0.3) is 17.0 Å². The summed E-state index contributed by atoms with van der Waals surface area (Å²) in [5.41, 5.74) is 1.12. The minimum Gasteiger partial charge on any atom is -0.460 e. The predicted octanol–water partition coefficient (Wildman–Crippen LogP) is 3.47. The highest BCUT2D eigenvalue weighted by Gasteiger charge is 2.16. The molecule has 0 saturated carbocycles. The van der Waals surface area contributed by atoms with E-state index in [0.717, 1.165) is 28.7 Å². The zero-order valence-electron chi connectivity index (χ0n) is 14.5. The number of ether oxygens (including phenoxy) is 1. The number of furan rings is 1. The first-order chi connectivity index (χ1) is 11.3. The van der Waals surface area contributed by atoms with E-state index < -0.39 is 11.6 Å². The van der Waals surface area contributed by atoms with Crippen molar-refractivity contribution in [1.29, 1.82) is 0 Å². The van der Waals surface area contributed by atoms with Crippen molar-refractivity contribution in [2.75, 3.05) is 6.54 Å². The van der Waals surface area contributed by atoms with E-state index in [9.17, 15) is 9.59 Å². The number of rotatable bonds is 5. The van der Waals surface area contributed by atoms with Crippen LogP contribution in [0.4, 0.5) is 0 Å². The second kappa shape index (κ2) is 7.34. The minimum atomic E-state index is -0.566. The van der Waals surface area contributed by atoms with Crippen LogP contribution in [-0.4, -0.2) is 24.0 Å². The van der Waals surface area contributed by atoms with E-state index in [-0.39, 0.29) is 12.5 Å². The Balaban J connectivity index is 2.03. The molecule has 1 heterocycles. The maximum absolute atomic E-state index is 11.9. The van der Waals surface area contributed by atoms with E-state index in [2.05, 4.69) is 5.32 Å². The van der Waals surface area contributed by atoms with Gasteiger partial charge >= 0.3 is 5.97 Å². The second-order valence-corrected chi connectivity index (χ2v) is 6.43. The quantitative estimate of drug-likeness (QED) is 0.674. The molecule has 1 amide bonds. The van der Waals surface area contributed by atoms with Crippen LogP contribution in [0.15, 0.2) is 34.8 Å². The molecule has 0 unspecified atom stereocenters. The van der Waals surface area contributed by atoms with Crippen molar-refractivity contribution >= 4 is 28.9 Å². The van der Waals surface area contributed by atoms with Gasteiger partial charge in [0.05, 0.1) is 0 Å². The van der Waals surface area contributed by atoms with Crippen LogP contribution in [0.2, 0.25) is 0 Å². The summed E-state index contributed by atoms with van der Waals surface area (Å²) in [6, 6.07) is 7.69. The number of carbonyl (C=O) groups is 2. The smallest absolute Gasteiger partial charge is 0.325 e. The molecular weight excluding hydrogens is 306 g/mol. The van der Waals surface area contributed by atoms with Gasteiger partial charge in [-0.1, -0.05) is 25.1 Å². The molecular formula is C19H23NO4. The van der Waals surface area contributed by atoms with E-state index in [4.69, 9.17) is 9.15 Å². The predicted molar refractivity (Wildman–Crippen MR) is 93.5 cm³/mol. The average molecular weight is 329 g/mol. The van der Waals surface area contributed by atoms with Gasteiger partial charge in [0.25, 0.3) is 0 Å². The number of nitrogens with one attached hydrogen (secondary N) is 1. The molecule has 0 atom stereocenters. The van der Waals surface area contributed by atoms with Crippen molar-refractivity contribution in [3.8, 4) is 0 Å². The first-order valence-electron chi connectivity index (χ1n) is 7.98. The van der Waals surface area contributed by atoms with E-state index in [1.54, 1.807) is 26.8 Å². The Bertz CT molecular complexity index is 765. The fraction of sp³-hybridized carbons (Fsp3) is 0.368. The number of hydrogen-bond donors (Lipinski definition) is 1. The highest BCUT2D eigenvalue weighted by atomic mass is 16.6. The van der Waals surface area contributed by atoms with Crippen molar-refractivity contribution in [3.05, 3.63) is 41.7 Å². The monoisotopic (exact) mass is 329 g/mol. The summed E-state index contributed by atoms with van der Waals surface area (Å²) in [5.74, 6) is 0.00726. The first-order valence-corrected chi connectivity index (χ1v) is 7.98. The molecule has 0 bridgehead atoms. The highest BCUT2D eigenvalue weighted by Crippen LogP contribution is 2.27. The van der Waals surface area contributed by atoms with Crippen LogP contribution in [0, 0.1) is 0 Å². The van der Waals surface area contributed by atoms with Crippen molar-refractivity contribution < 1.29 is 18.7 Å². The number of benzene rings is 1. The van der Waals surface area contributed by atoms with E-state index in [1.807, 2.05) is 31.2 Å². The van der Waals surface area contributed by atoms with E-state index >= 15 is 0 Å². The van der Waals surface area contributed by atoms with E-state index in [1.165, 1.54) is 6.08 Å². The summed E-state index contributed by atoms with van der Waals surface area (Å²) in [7, 11) is 0. The topological polar surface area (TPSA) is 68.5 Å². The summed E-state index contributed by atoms with van der Waals surface area (Å²) < 4.78 is 10.9. The molecule has 24 heavy (non-hydrogen) atoms. The van der Waals surface area contributed by atoms with Crippen LogP contribution >= 0.6 is 0 Å². The zero-order chi connectivity index (χ0) is 17.7. The van der Waals surface area contributed by atoms with E-state index in [0.29, 0.717) is 0 Å². The number of aryl methyl sites for hydroxylation is 1. The fourth-order valence-electron chi connectivity index (χ4n) is 2.32. The highest BCUT2D eigenvalue weighted by molar-refractivity contribution is 5.97. The van der Waals surface area contributed by atoms with Crippen LogP contribution in [-0.2, 0) is 20.7 Å².